The van der Waals surface area contributed by atoms with Crippen molar-refractivity contribution in [1.29, 1.82) is 0 Å². The molecule has 1 heterocycles. The number of aromatic nitrogens is 1. The maximum absolute atomic E-state index is 11.3. The summed E-state index contributed by atoms with van der Waals surface area (Å²) in [6.07, 6.45) is 1.16. The molecule has 7 heteroatoms. The van der Waals surface area contributed by atoms with E-state index in [4.69, 9.17) is 0 Å². The summed E-state index contributed by atoms with van der Waals surface area (Å²) in [5.41, 5.74) is 1.56. The number of hydrogen-bond acceptors (Lipinski definition) is 5. The van der Waals surface area contributed by atoms with Gasteiger partial charge in [0.15, 0.2) is 5.13 Å². The fraction of sp³-hybridized carbons (Fsp3) is 0.462. The fourth-order valence-electron chi connectivity index (χ4n) is 2.00. The van der Waals surface area contributed by atoms with Crippen LogP contribution in [-0.4, -0.2) is 31.7 Å². The molecule has 2 rings (SSSR count). The Hall–Kier alpha value is -1.18. The number of fused-ring (bicyclic) bond motifs is 1. The third kappa shape index (κ3) is 3.91. The number of nitrogens with zero attached hydrogens (tertiary/aromatic N) is 1. The van der Waals surface area contributed by atoms with Crippen LogP contribution in [0.25, 0.3) is 10.2 Å². The van der Waals surface area contributed by atoms with Gasteiger partial charge in [0.2, 0.25) is 10.0 Å². The summed E-state index contributed by atoms with van der Waals surface area (Å²) in [6, 6.07) is 6.07. The quantitative estimate of drug-likeness (QED) is 0.889. The lowest BCUT2D eigenvalue weighted by Crippen LogP contribution is -2.47. The van der Waals surface area contributed by atoms with Crippen LogP contribution >= 0.6 is 11.3 Å². The molecule has 0 saturated carbocycles. The zero-order valence-corrected chi connectivity index (χ0v) is 13.7. The first-order chi connectivity index (χ1) is 9.16. The second-order valence-electron chi connectivity index (χ2n) is 5.55. The number of para-hydroxylation sites is 1. The molecule has 1 aromatic carbocycles. The number of rotatable bonds is 5. The standard InChI is InChI=1S/C13H19N3O2S2/c1-9-6-5-7-10-11(9)15-12(19-10)14-8-13(2,3)16-20(4,17)18/h5-7,16H,8H2,1-4H3,(H,14,15). The van der Waals surface area contributed by atoms with Crippen molar-refractivity contribution < 1.29 is 8.42 Å². The molecule has 0 amide bonds. The minimum atomic E-state index is -3.22. The van der Waals surface area contributed by atoms with E-state index < -0.39 is 15.6 Å². The molecule has 0 bridgehead atoms. The average molecular weight is 313 g/mol. The van der Waals surface area contributed by atoms with E-state index in [9.17, 15) is 8.42 Å². The Morgan fingerprint density at radius 2 is 2.05 bits per heavy atom. The number of anilines is 1. The van der Waals surface area contributed by atoms with E-state index in [0.717, 1.165) is 27.2 Å². The Morgan fingerprint density at radius 1 is 1.35 bits per heavy atom. The molecule has 0 unspecified atom stereocenters. The lowest BCUT2D eigenvalue weighted by atomic mass is 10.1. The zero-order chi connectivity index (χ0) is 15.0. The number of aryl methyl sites for hydroxylation is 1. The molecule has 0 aliphatic rings. The maximum Gasteiger partial charge on any atom is 0.209 e. The lowest BCUT2D eigenvalue weighted by Gasteiger charge is -2.25. The van der Waals surface area contributed by atoms with Crippen LogP contribution in [0.2, 0.25) is 0 Å². The predicted octanol–water partition coefficient (Wildman–Crippen LogP) is 2.34. The van der Waals surface area contributed by atoms with E-state index in [0.29, 0.717) is 6.54 Å². The Balaban J connectivity index is 2.11. The minimum absolute atomic E-state index is 0.471. The smallest absolute Gasteiger partial charge is 0.209 e. The topological polar surface area (TPSA) is 71.1 Å². The second kappa shape index (κ2) is 5.31. The lowest BCUT2D eigenvalue weighted by molar-refractivity contribution is 0.476. The molecule has 110 valence electrons. The Labute approximate surface area is 123 Å². The fourth-order valence-corrected chi connectivity index (χ4v) is 4.01. The van der Waals surface area contributed by atoms with Crippen LogP contribution in [0.1, 0.15) is 19.4 Å². The van der Waals surface area contributed by atoms with Crippen molar-refractivity contribution >= 4 is 36.7 Å². The molecular weight excluding hydrogens is 294 g/mol. The molecule has 20 heavy (non-hydrogen) atoms. The first-order valence-corrected chi connectivity index (χ1v) is 8.96. The van der Waals surface area contributed by atoms with E-state index in [1.54, 1.807) is 11.3 Å². The molecule has 0 aliphatic carbocycles. The van der Waals surface area contributed by atoms with E-state index in [1.807, 2.05) is 39.0 Å². The van der Waals surface area contributed by atoms with Crippen molar-refractivity contribution in [2.75, 3.05) is 18.1 Å². The van der Waals surface area contributed by atoms with Crippen LogP contribution in [-0.2, 0) is 10.0 Å². The van der Waals surface area contributed by atoms with Gasteiger partial charge in [-0.05, 0) is 32.4 Å². The van der Waals surface area contributed by atoms with E-state index in [-0.39, 0.29) is 0 Å². The average Bonchev–Trinajstić information content (AvgIpc) is 2.68. The number of benzene rings is 1. The molecule has 0 spiro atoms. The van der Waals surface area contributed by atoms with Crippen molar-refractivity contribution in [2.24, 2.45) is 0 Å². The highest BCUT2D eigenvalue weighted by molar-refractivity contribution is 7.88. The predicted molar refractivity (Wildman–Crippen MR) is 84.9 cm³/mol. The molecule has 2 aromatic rings. The molecule has 0 fully saturated rings. The largest absolute Gasteiger partial charge is 0.360 e. The Kier molecular flexibility index (Phi) is 4.04. The van der Waals surface area contributed by atoms with Crippen LogP contribution < -0.4 is 10.0 Å². The molecule has 0 aliphatic heterocycles. The summed E-state index contributed by atoms with van der Waals surface area (Å²) in [7, 11) is -3.22. The monoisotopic (exact) mass is 313 g/mol. The van der Waals surface area contributed by atoms with Gasteiger partial charge in [-0.15, -0.1) is 0 Å². The Bertz CT molecular complexity index is 720. The SMILES string of the molecule is Cc1cccc2sc(NCC(C)(C)NS(C)(=O)=O)nc12. The van der Waals surface area contributed by atoms with Gasteiger partial charge in [-0.3, -0.25) is 0 Å². The van der Waals surface area contributed by atoms with Gasteiger partial charge < -0.3 is 5.32 Å². The number of nitrogens with one attached hydrogen (secondary N) is 2. The van der Waals surface area contributed by atoms with Gasteiger partial charge in [-0.25, -0.2) is 18.1 Å². The molecule has 0 atom stereocenters. The van der Waals surface area contributed by atoms with Crippen LogP contribution in [0.4, 0.5) is 5.13 Å². The van der Waals surface area contributed by atoms with Crippen molar-refractivity contribution in [1.82, 2.24) is 9.71 Å². The Morgan fingerprint density at radius 3 is 2.65 bits per heavy atom. The molecule has 0 radical (unpaired) electrons. The van der Waals surface area contributed by atoms with Crippen LogP contribution in [0.15, 0.2) is 18.2 Å². The zero-order valence-electron chi connectivity index (χ0n) is 12.0. The highest BCUT2D eigenvalue weighted by Gasteiger charge is 2.22. The van der Waals surface area contributed by atoms with Crippen LogP contribution in [0, 0.1) is 6.92 Å². The van der Waals surface area contributed by atoms with Crippen molar-refractivity contribution in [3.63, 3.8) is 0 Å². The maximum atomic E-state index is 11.3. The molecule has 1 aromatic heterocycles. The van der Waals surface area contributed by atoms with E-state index >= 15 is 0 Å². The van der Waals surface area contributed by atoms with Crippen molar-refractivity contribution in [3.8, 4) is 0 Å². The van der Waals surface area contributed by atoms with Gasteiger partial charge in [0.1, 0.15) is 0 Å². The van der Waals surface area contributed by atoms with Gasteiger partial charge in [0.25, 0.3) is 0 Å². The van der Waals surface area contributed by atoms with Gasteiger partial charge in [-0.2, -0.15) is 0 Å². The number of hydrogen-bond donors (Lipinski definition) is 2. The summed E-state index contributed by atoms with van der Waals surface area (Å²) in [6.45, 7) is 6.17. The highest BCUT2D eigenvalue weighted by atomic mass is 32.2. The molecule has 5 nitrogen and oxygen atoms in total. The highest BCUT2D eigenvalue weighted by Crippen LogP contribution is 2.28. The molecule has 0 saturated heterocycles. The van der Waals surface area contributed by atoms with Gasteiger partial charge in [0, 0.05) is 12.1 Å². The first-order valence-electron chi connectivity index (χ1n) is 6.25. The first kappa shape index (κ1) is 15.2. The van der Waals surface area contributed by atoms with Crippen LogP contribution in [0.5, 0.6) is 0 Å². The van der Waals surface area contributed by atoms with Gasteiger partial charge in [-0.1, -0.05) is 23.5 Å². The summed E-state index contributed by atoms with van der Waals surface area (Å²) >= 11 is 1.57. The number of sulfonamides is 1. The third-order valence-corrected chi connectivity index (χ3v) is 4.67. The van der Waals surface area contributed by atoms with E-state index in [1.165, 1.54) is 0 Å². The molecule has 2 N–H and O–H groups in total. The third-order valence-electron chi connectivity index (χ3n) is 2.76. The summed E-state index contributed by atoms with van der Waals surface area (Å²) in [4.78, 5) is 4.54. The minimum Gasteiger partial charge on any atom is -0.360 e. The normalized spacial score (nSPS) is 12.8. The second-order valence-corrected chi connectivity index (χ2v) is 8.33. The molecular formula is C13H19N3O2S2. The van der Waals surface area contributed by atoms with Crippen LogP contribution in [0.3, 0.4) is 0 Å². The summed E-state index contributed by atoms with van der Waals surface area (Å²) in [5.74, 6) is 0. The van der Waals surface area contributed by atoms with E-state index in [2.05, 4.69) is 15.0 Å². The summed E-state index contributed by atoms with van der Waals surface area (Å²) in [5, 5.41) is 4.01. The number of thiazole rings is 1. The van der Waals surface area contributed by atoms with Crippen molar-refractivity contribution in [2.45, 2.75) is 26.3 Å². The van der Waals surface area contributed by atoms with Gasteiger partial charge in [0.05, 0.1) is 16.5 Å². The summed E-state index contributed by atoms with van der Waals surface area (Å²) < 4.78 is 26.3. The van der Waals surface area contributed by atoms with Gasteiger partial charge >= 0.3 is 0 Å². The van der Waals surface area contributed by atoms with Crippen molar-refractivity contribution in [3.05, 3.63) is 23.8 Å².